The first-order chi connectivity index (χ1) is 16.2. The molecule has 0 unspecified atom stereocenters. The summed E-state index contributed by atoms with van der Waals surface area (Å²) in [5, 5.41) is 0.965. The highest BCUT2D eigenvalue weighted by atomic mass is 32.2. The Bertz CT molecular complexity index is 1550. The maximum atomic E-state index is 14.2. The van der Waals surface area contributed by atoms with Gasteiger partial charge in [-0.25, -0.2) is 17.6 Å². The molecule has 1 saturated heterocycles. The molecular formula is C24H27FN4O4S. The van der Waals surface area contributed by atoms with Crippen molar-refractivity contribution in [2.24, 2.45) is 5.73 Å². The number of imidazole rings is 1. The number of ether oxygens (including phenoxy) is 1. The van der Waals surface area contributed by atoms with Gasteiger partial charge in [0.2, 0.25) is 0 Å². The van der Waals surface area contributed by atoms with Crippen LogP contribution in [0.2, 0.25) is 0 Å². The van der Waals surface area contributed by atoms with Gasteiger partial charge in [0, 0.05) is 35.9 Å². The molecule has 8 nitrogen and oxygen atoms in total. The SMILES string of the molecule is CS(=O)(=O)CCCn1c(Cn2c(=O)n(C3COC3)c3ccc(F)cc32)cc2cc(CN)ccc21. The summed E-state index contributed by atoms with van der Waals surface area (Å²) in [7, 11) is -3.10. The Balaban J connectivity index is 1.62. The standard InChI is InChI=1S/C24H27FN4O4S/c1-34(31,32)8-2-7-27-19(10-17-9-16(12-26)3-5-21(17)27)13-28-23-11-18(25)4-6-22(23)29(24(28)30)20-14-33-15-20/h3-6,9-11,20H,2,7-8,12-15,26H2,1H3. The number of fused-ring (bicyclic) bond motifs is 2. The third-order valence-electron chi connectivity index (χ3n) is 6.41. The van der Waals surface area contributed by atoms with Gasteiger partial charge in [-0.1, -0.05) is 6.07 Å². The monoisotopic (exact) mass is 486 g/mol. The number of nitrogens with zero attached hydrogens (tertiary/aromatic N) is 3. The Hall–Kier alpha value is -2.95. The van der Waals surface area contributed by atoms with Gasteiger partial charge in [-0.05, 0) is 48.4 Å². The van der Waals surface area contributed by atoms with Gasteiger partial charge in [0.25, 0.3) is 0 Å². The first kappa shape index (κ1) is 22.8. The molecule has 0 saturated carbocycles. The summed E-state index contributed by atoms with van der Waals surface area (Å²) >= 11 is 0. The zero-order chi connectivity index (χ0) is 24.0. The number of hydrogen-bond donors (Lipinski definition) is 1. The van der Waals surface area contributed by atoms with Crippen molar-refractivity contribution < 1.29 is 17.5 Å². The number of aromatic nitrogens is 3. The zero-order valence-corrected chi connectivity index (χ0v) is 19.7. The molecule has 2 aromatic heterocycles. The Morgan fingerprint density at radius 2 is 1.82 bits per heavy atom. The second-order valence-electron chi connectivity index (χ2n) is 8.93. The number of benzene rings is 2. The van der Waals surface area contributed by atoms with Crippen molar-refractivity contribution in [3.8, 4) is 0 Å². The number of aryl methyl sites for hydroxylation is 1. The van der Waals surface area contributed by atoms with Crippen LogP contribution in [-0.4, -0.2) is 47.3 Å². The van der Waals surface area contributed by atoms with E-state index >= 15 is 0 Å². The van der Waals surface area contributed by atoms with Gasteiger partial charge in [0.15, 0.2) is 0 Å². The van der Waals surface area contributed by atoms with Crippen LogP contribution in [0.4, 0.5) is 4.39 Å². The fourth-order valence-electron chi connectivity index (χ4n) is 4.68. The lowest BCUT2D eigenvalue weighted by Crippen LogP contribution is -2.38. The third kappa shape index (κ3) is 4.17. The zero-order valence-electron chi connectivity index (χ0n) is 18.9. The Morgan fingerprint density at radius 1 is 1.06 bits per heavy atom. The average Bonchev–Trinajstić information content (AvgIpc) is 3.21. The number of rotatable bonds is 8. The van der Waals surface area contributed by atoms with E-state index in [0.29, 0.717) is 43.8 Å². The molecule has 1 aliphatic heterocycles. The minimum atomic E-state index is -3.10. The average molecular weight is 487 g/mol. The second-order valence-corrected chi connectivity index (χ2v) is 11.2. The van der Waals surface area contributed by atoms with Crippen molar-refractivity contribution in [2.45, 2.75) is 32.1 Å². The van der Waals surface area contributed by atoms with Crippen LogP contribution in [0.25, 0.3) is 21.9 Å². The van der Waals surface area contributed by atoms with E-state index in [1.807, 2.05) is 28.8 Å². The van der Waals surface area contributed by atoms with Gasteiger partial charge in [-0.2, -0.15) is 0 Å². The molecule has 0 aliphatic carbocycles. The predicted molar refractivity (Wildman–Crippen MR) is 129 cm³/mol. The van der Waals surface area contributed by atoms with Crippen LogP contribution in [0, 0.1) is 5.82 Å². The van der Waals surface area contributed by atoms with Crippen molar-refractivity contribution in [1.29, 1.82) is 0 Å². The topological polar surface area (TPSA) is 101 Å². The van der Waals surface area contributed by atoms with E-state index in [-0.39, 0.29) is 24.0 Å². The van der Waals surface area contributed by atoms with E-state index in [4.69, 9.17) is 10.5 Å². The fraction of sp³-hybridized carbons (Fsp3) is 0.375. The van der Waals surface area contributed by atoms with E-state index < -0.39 is 15.7 Å². The van der Waals surface area contributed by atoms with Crippen LogP contribution >= 0.6 is 0 Å². The normalized spacial score (nSPS) is 14.8. The Labute approximate surface area is 196 Å². The van der Waals surface area contributed by atoms with Crippen LogP contribution < -0.4 is 11.4 Å². The van der Waals surface area contributed by atoms with Crippen molar-refractivity contribution in [1.82, 2.24) is 13.7 Å². The molecule has 0 amide bonds. The van der Waals surface area contributed by atoms with Gasteiger partial charge >= 0.3 is 5.69 Å². The summed E-state index contributed by atoms with van der Waals surface area (Å²) in [4.78, 5) is 13.5. The Morgan fingerprint density at radius 3 is 2.50 bits per heavy atom. The molecule has 5 rings (SSSR count). The highest BCUT2D eigenvalue weighted by Crippen LogP contribution is 2.26. The molecule has 0 spiro atoms. The van der Waals surface area contributed by atoms with Gasteiger partial charge < -0.3 is 15.0 Å². The molecule has 2 N–H and O–H groups in total. The van der Waals surface area contributed by atoms with E-state index in [1.165, 1.54) is 18.4 Å². The minimum absolute atomic E-state index is 0.0686. The highest BCUT2D eigenvalue weighted by Gasteiger charge is 2.27. The minimum Gasteiger partial charge on any atom is -0.377 e. The summed E-state index contributed by atoms with van der Waals surface area (Å²) < 4.78 is 48.2. The van der Waals surface area contributed by atoms with E-state index in [0.717, 1.165) is 22.2 Å². The lowest BCUT2D eigenvalue weighted by molar-refractivity contribution is -0.0231. The molecule has 2 aromatic carbocycles. The fourth-order valence-corrected chi connectivity index (χ4v) is 5.33. The molecular weight excluding hydrogens is 459 g/mol. The van der Waals surface area contributed by atoms with E-state index in [9.17, 15) is 17.6 Å². The summed E-state index contributed by atoms with van der Waals surface area (Å²) in [6, 6.07) is 12.2. The van der Waals surface area contributed by atoms with Crippen molar-refractivity contribution in [2.75, 3.05) is 25.2 Å². The van der Waals surface area contributed by atoms with Crippen LogP contribution in [0.5, 0.6) is 0 Å². The number of halogens is 1. The quantitative estimate of drug-likeness (QED) is 0.412. The highest BCUT2D eigenvalue weighted by molar-refractivity contribution is 7.90. The van der Waals surface area contributed by atoms with Crippen molar-refractivity contribution >= 4 is 31.8 Å². The number of nitrogens with two attached hydrogens (primary N) is 1. The second kappa shape index (κ2) is 8.68. The molecule has 34 heavy (non-hydrogen) atoms. The molecule has 0 bridgehead atoms. The smallest absolute Gasteiger partial charge is 0.329 e. The summed E-state index contributed by atoms with van der Waals surface area (Å²) in [5.41, 5.74) is 9.55. The summed E-state index contributed by atoms with van der Waals surface area (Å²) in [5.74, 6) is -0.344. The first-order valence-electron chi connectivity index (χ1n) is 11.2. The molecule has 1 aliphatic rings. The Kier molecular flexibility index (Phi) is 5.83. The molecule has 3 heterocycles. The van der Waals surface area contributed by atoms with Crippen LogP contribution in [0.3, 0.4) is 0 Å². The lowest BCUT2D eigenvalue weighted by Gasteiger charge is -2.27. The first-order valence-corrected chi connectivity index (χ1v) is 13.3. The largest absolute Gasteiger partial charge is 0.377 e. The van der Waals surface area contributed by atoms with Gasteiger partial charge in [-0.3, -0.25) is 9.13 Å². The van der Waals surface area contributed by atoms with Gasteiger partial charge in [0.05, 0.1) is 42.6 Å². The molecule has 180 valence electrons. The van der Waals surface area contributed by atoms with Crippen LogP contribution in [-0.2, 0) is 34.2 Å². The van der Waals surface area contributed by atoms with Crippen molar-refractivity contribution in [3.63, 3.8) is 0 Å². The number of hydrogen-bond acceptors (Lipinski definition) is 5. The maximum absolute atomic E-state index is 14.2. The van der Waals surface area contributed by atoms with E-state index in [2.05, 4.69) is 0 Å². The third-order valence-corrected chi connectivity index (χ3v) is 7.44. The summed E-state index contributed by atoms with van der Waals surface area (Å²) in [6.45, 7) is 2.01. The van der Waals surface area contributed by atoms with Gasteiger partial charge in [-0.15, -0.1) is 0 Å². The molecule has 0 atom stereocenters. The van der Waals surface area contributed by atoms with Crippen molar-refractivity contribution in [3.05, 3.63) is 70.0 Å². The molecule has 1 fully saturated rings. The van der Waals surface area contributed by atoms with Crippen LogP contribution in [0.15, 0.2) is 47.3 Å². The molecule has 10 heteroatoms. The lowest BCUT2D eigenvalue weighted by atomic mass is 10.1. The predicted octanol–water partition coefficient (Wildman–Crippen LogP) is 2.41. The maximum Gasteiger partial charge on any atom is 0.329 e. The number of sulfone groups is 1. The molecule has 0 radical (unpaired) electrons. The van der Waals surface area contributed by atoms with E-state index in [1.54, 1.807) is 15.2 Å². The summed E-state index contributed by atoms with van der Waals surface area (Å²) in [6.07, 6.45) is 1.67. The molecule has 4 aromatic rings. The van der Waals surface area contributed by atoms with Crippen LogP contribution in [0.1, 0.15) is 23.7 Å². The van der Waals surface area contributed by atoms with Gasteiger partial charge in [0.1, 0.15) is 15.7 Å².